The Balaban J connectivity index is 2.60. The van der Waals surface area contributed by atoms with E-state index in [1.807, 2.05) is 6.07 Å². The summed E-state index contributed by atoms with van der Waals surface area (Å²) in [7, 11) is 0. The van der Waals surface area contributed by atoms with E-state index in [4.69, 9.17) is 5.26 Å². The number of urea groups is 1. The van der Waals surface area contributed by atoms with Crippen LogP contribution in [0.5, 0.6) is 0 Å². The molecule has 0 saturated carbocycles. The van der Waals surface area contributed by atoms with E-state index in [9.17, 15) is 9.18 Å². The molecular weight excluding hydrogens is 197 g/mol. The van der Waals surface area contributed by atoms with Gasteiger partial charge in [-0.25, -0.2) is 9.18 Å². The molecule has 1 aromatic carbocycles. The van der Waals surface area contributed by atoms with Gasteiger partial charge in [0.2, 0.25) is 0 Å². The van der Waals surface area contributed by atoms with Gasteiger partial charge in [0.1, 0.15) is 11.9 Å². The van der Waals surface area contributed by atoms with Crippen molar-refractivity contribution in [1.29, 1.82) is 5.26 Å². The van der Waals surface area contributed by atoms with Crippen LogP contribution in [0.4, 0.5) is 14.9 Å². The molecule has 0 aliphatic heterocycles. The third-order valence-electron chi connectivity index (χ3n) is 1.66. The maximum absolute atomic E-state index is 13.1. The monoisotopic (exact) mass is 207 g/mol. The lowest BCUT2D eigenvalue weighted by Crippen LogP contribution is -2.35. The molecule has 1 rings (SSSR count). The summed E-state index contributed by atoms with van der Waals surface area (Å²) in [6.07, 6.45) is 0. The van der Waals surface area contributed by atoms with Gasteiger partial charge < -0.3 is 10.6 Å². The lowest BCUT2D eigenvalue weighted by atomic mass is 10.3. The highest BCUT2D eigenvalue weighted by Crippen LogP contribution is 2.11. The van der Waals surface area contributed by atoms with E-state index >= 15 is 0 Å². The molecular formula is C10H10FN3O. The molecule has 0 fully saturated rings. The summed E-state index contributed by atoms with van der Waals surface area (Å²) in [5.41, 5.74) is 0.0835. The molecule has 0 heterocycles. The minimum Gasteiger partial charge on any atom is -0.322 e. The Morgan fingerprint density at radius 1 is 1.53 bits per heavy atom. The number of benzene rings is 1. The lowest BCUT2D eigenvalue weighted by molar-refractivity contribution is 0.251. The van der Waals surface area contributed by atoms with Crippen LogP contribution < -0.4 is 10.6 Å². The molecule has 5 heteroatoms. The maximum atomic E-state index is 13.1. The van der Waals surface area contributed by atoms with Gasteiger partial charge in [-0.1, -0.05) is 12.1 Å². The van der Waals surface area contributed by atoms with E-state index in [2.05, 4.69) is 10.6 Å². The van der Waals surface area contributed by atoms with Crippen molar-refractivity contribution >= 4 is 11.7 Å². The second-order valence-electron chi connectivity index (χ2n) is 2.93. The Morgan fingerprint density at radius 3 is 2.80 bits per heavy atom. The summed E-state index contributed by atoms with van der Waals surface area (Å²) in [6, 6.07) is 6.42. The Kier molecular flexibility index (Phi) is 3.63. The smallest absolute Gasteiger partial charge is 0.320 e. The predicted molar refractivity (Wildman–Crippen MR) is 53.6 cm³/mol. The van der Waals surface area contributed by atoms with E-state index in [0.29, 0.717) is 0 Å². The van der Waals surface area contributed by atoms with Crippen molar-refractivity contribution in [1.82, 2.24) is 5.32 Å². The van der Waals surface area contributed by atoms with E-state index in [0.717, 1.165) is 0 Å². The zero-order chi connectivity index (χ0) is 11.3. The highest BCUT2D eigenvalue weighted by atomic mass is 19.1. The standard InChI is InChI=1S/C10H10FN3O/c1-7(6-12)13-10(15)14-9-5-3-2-4-8(9)11/h2-5,7H,1H3,(H2,13,14,15). The number of halogens is 1. The van der Waals surface area contributed by atoms with Gasteiger partial charge >= 0.3 is 6.03 Å². The van der Waals surface area contributed by atoms with Crippen molar-refractivity contribution in [2.24, 2.45) is 0 Å². The first-order chi connectivity index (χ1) is 7.13. The largest absolute Gasteiger partial charge is 0.322 e. The number of hydrogen-bond acceptors (Lipinski definition) is 2. The van der Waals surface area contributed by atoms with Gasteiger partial charge in [-0.3, -0.25) is 0 Å². The van der Waals surface area contributed by atoms with Gasteiger partial charge in [0, 0.05) is 0 Å². The summed E-state index contributed by atoms with van der Waals surface area (Å²) in [5.74, 6) is -0.516. The average molecular weight is 207 g/mol. The molecule has 0 bridgehead atoms. The number of carbonyl (C=O) groups excluding carboxylic acids is 1. The van der Waals surface area contributed by atoms with E-state index in [-0.39, 0.29) is 5.69 Å². The van der Waals surface area contributed by atoms with Crippen LogP contribution in [0.15, 0.2) is 24.3 Å². The summed E-state index contributed by atoms with van der Waals surface area (Å²) in [4.78, 5) is 11.2. The maximum Gasteiger partial charge on any atom is 0.320 e. The van der Waals surface area contributed by atoms with Gasteiger partial charge in [0.25, 0.3) is 0 Å². The Morgan fingerprint density at radius 2 is 2.20 bits per heavy atom. The molecule has 0 aliphatic carbocycles. The molecule has 0 aliphatic rings. The number of nitriles is 1. The minimum atomic E-state index is -0.614. The lowest BCUT2D eigenvalue weighted by Gasteiger charge is -2.08. The molecule has 0 spiro atoms. The zero-order valence-corrected chi connectivity index (χ0v) is 8.12. The molecule has 15 heavy (non-hydrogen) atoms. The minimum absolute atomic E-state index is 0.0835. The molecule has 4 nitrogen and oxygen atoms in total. The number of para-hydroxylation sites is 1. The number of nitrogens with one attached hydrogen (secondary N) is 2. The molecule has 0 radical (unpaired) electrons. The molecule has 1 atom stereocenters. The molecule has 0 aromatic heterocycles. The van der Waals surface area contributed by atoms with Gasteiger partial charge in [-0.05, 0) is 19.1 Å². The van der Waals surface area contributed by atoms with Crippen molar-refractivity contribution in [3.8, 4) is 6.07 Å². The first kappa shape index (κ1) is 11.0. The van der Waals surface area contributed by atoms with Gasteiger partial charge in [-0.15, -0.1) is 0 Å². The van der Waals surface area contributed by atoms with Gasteiger partial charge in [0.15, 0.2) is 0 Å². The second-order valence-corrected chi connectivity index (χ2v) is 2.93. The Bertz CT molecular complexity index is 400. The third kappa shape index (κ3) is 3.27. The zero-order valence-electron chi connectivity index (χ0n) is 8.12. The van der Waals surface area contributed by atoms with Crippen molar-refractivity contribution in [3.05, 3.63) is 30.1 Å². The number of amides is 2. The molecule has 1 unspecified atom stereocenters. The SMILES string of the molecule is CC(C#N)NC(=O)Nc1ccccc1F. The topological polar surface area (TPSA) is 64.9 Å². The van der Waals surface area contributed by atoms with Crippen molar-refractivity contribution in [2.45, 2.75) is 13.0 Å². The fourth-order valence-electron chi connectivity index (χ4n) is 0.950. The highest BCUT2D eigenvalue weighted by molar-refractivity contribution is 5.89. The Hall–Kier alpha value is -2.09. The van der Waals surface area contributed by atoms with Crippen molar-refractivity contribution in [2.75, 3.05) is 5.32 Å². The van der Waals surface area contributed by atoms with E-state index < -0.39 is 17.9 Å². The normalized spacial score (nSPS) is 11.3. The van der Waals surface area contributed by atoms with Gasteiger partial charge in [0.05, 0.1) is 11.8 Å². The average Bonchev–Trinajstić information content (AvgIpc) is 2.21. The van der Waals surface area contributed by atoms with Gasteiger partial charge in [-0.2, -0.15) is 5.26 Å². The fraction of sp³-hybridized carbons (Fsp3) is 0.200. The Labute approximate surface area is 86.7 Å². The predicted octanol–water partition coefficient (Wildman–Crippen LogP) is 1.86. The van der Waals surface area contributed by atoms with Crippen molar-refractivity contribution in [3.63, 3.8) is 0 Å². The summed E-state index contributed by atoms with van der Waals surface area (Å²) in [6.45, 7) is 1.53. The van der Waals surface area contributed by atoms with Crippen LogP contribution >= 0.6 is 0 Å². The molecule has 1 aromatic rings. The van der Waals surface area contributed by atoms with Crippen LogP contribution in [-0.4, -0.2) is 12.1 Å². The third-order valence-corrected chi connectivity index (χ3v) is 1.66. The summed E-state index contributed by atoms with van der Waals surface area (Å²) >= 11 is 0. The van der Waals surface area contributed by atoms with Crippen LogP contribution in [0.3, 0.4) is 0 Å². The van der Waals surface area contributed by atoms with E-state index in [1.54, 1.807) is 6.07 Å². The number of hydrogen-bond donors (Lipinski definition) is 2. The molecule has 78 valence electrons. The molecule has 0 saturated heterocycles. The second kappa shape index (κ2) is 4.96. The fourth-order valence-corrected chi connectivity index (χ4v) is 0.950. The quantitative estimate of drug-likeness (QED) is 0.777. The van der Waals surface area contributed by atoms with Crippen LogP contribution in [-0.2, 0) is 0 Å². The molecule has 2 N–H and O–H groups in total. The van der Waals surface area contributed by atoms with Crippen LogP contribution in [0.25, 0.3) is 0 Å². The first-order valence-electron chi connectivity index (χ1n) is 4.35. The van der Waals surface area contributed by atoms with Crippen LogP contribution in [0.1, 0.15) is 6.92 Å². The summed E-state index contributed by atoms with van der Waals surface area (Å²) in [5, 5.41) is 13.1. The van der Waals surface area contributed by atoms with Crippen LogP contribution in [0.2, 0.25) is 0 Å². The molecule has 2 amide bonds. The number of rotatable bonds is 2. The van der Waals surface area contributed by atoms with E-state index in [1.165, 1.54) is 25.1 Å². The first-order valence-corrected chi connectivity index (χ1v) is 4.35. The number of nitrogens with zero attached hydrogens (tertiary/aromatic N) is 1. The number of carbonyl (C=O) groups is 1. The highest BCUT2D eigenvalue weighted by Gasteiger charge is 2.07. The number of anilines is 1. The summed E-state index contributed by atoms with van der Waals surface area (Å²) < 4.78 is 13.1. The van der Waals surface area contributed by atoms with Crippen molar-refractivity contribution < 1.29 is 9.18 Å². The van der Waals surface area contributed by atoms with Crippen LogP contribution in [0, 0.1) is 17.1 Å².